The van der Waals surface area contributed by atoms with Crippen LogP contribution in [-0.4, -0.2) is 86.1 Å². The third-order valence-electron chi connectivity index (χ3n) is 16.3. The number of allylic oxidation sites excluding steroid dienone is 8. The quantitative estimate of drug-likeness (QED) is 0.0409. The van der Waals surface area contributed by atoms with E-state index in [1.165, 1.54) is 5.57 Å². The molecule has 1 unspecified atom stereocenters. The van der Waals surface area contributed by atoms with Gasteiger partial charge in [-0.15, -0.1) is 0 Å². The molecule has 0 amide bonds. The van der Waals surface area contributed by atoms with Gasteiger partial charge in [0.1, 0.15) is 5.82 Å². The first-order valence-electron chi connectivity index (χ1n) is 24.3. The summed E-state index contributed by atoms with van der Waals surface area (Å²) in [5.74, 6) is 0.974. The van der Waals surface area contributed by atoms with Crippen LogP contribution in [0.15, 0.2) is 101 Å². The van der Waals surface area contributed by atoms with Crippen LogP contribution >= 0.6 is 0 Å². The van der Waals surface area contributed by atoms with E-state index in [1.807, 2.05) is 38.4 Å². The van der Waals surface area contributed by atoms with Crippen LogP contribution in [0.2, 0.25) is 0 Å². The number of hydrogen-bond donors (Lipinski definition) is 7. The van der Waals surface area contributed by atoms with Crippen molar-refractivity contribution in [2.75, 3.05) is 40.0 Å². The number of esters is 1. The van der Waals surface area contributed by atoms with E-state index in [0.717, 1.165) is 79.6 Å². The fourth-order valence-corrected chi connectivity index (χ4v) is 12.9. The number of ether oxygens (including phenoxy) is 2. The second-order valence-corrected chi connectivity index (χ2v) is 20.4. The lowest BCUT2D eigenvalue weighted by molar-refractivity contribution is -0.151. The molecule has 4 aliphatic carbocycles. The third kappa shape index (κ3) is 8.43. The molecule has 10 rings (SSSR count). The van der Waals surface area contributed by atoms with Crippen molar-refractivity contribution in [1.82, 2.24) is 26.6 Å². The fraction of sp³-hybridized carbons (Fsp3) is 0.566. The molecular formula is C53H70N6O6. The SMILES string of the molecule is CCN[C@H]1C=C2C=CC[C@@H]3[C@H]4CCC[C@](C)(CC5=CNC(N)C=C5)Cc5cccc6c5C(=O)[C@]5(O[C@@]5(C/C(CO)=C(\C)CCC5=CCNC(NCNC)=C5)C6=O)C(=O)OC[C@H]1[C@@H](CC4)[C@H]23. The van der Waals surface area contributed by atoms with E-state index in [-0.39, 0.29) is 54.3 Å². The molecule has 12 heteroatoms. The van der Waals surface area contributed by atoms with Gasteiger partial charge >= 0.3 is 5.97 Å². The molecular weight excluding hydrogens is 817 g/mol. The fourth-order valence-electron chi connectivity index (χ4n) is 12.9. The molecule has 9 aliphatic rings. The molecule has 0 aromatic heterocycles. The van der Waals surface area contributed by atoms with Crippen LogP contribution in [0.1, 0.15) is 111 Å². The minimum absolute atomic E-state index is 0.00986. The highest BCUT2D eigenvalue weighted by molar-refractivity contribution is 6.33. The van der Waals surface area contributed by atoms with Gasteiger partial charge in [0.05, 0.1) is 26.0 Å². The summed E-state index contributed by atoms with van der Waals surface area (Å²) >= 11 is 0. The van der Waals surface area contributed by atoms with E-state index in [4.69, 9.17) is 15.2 Å². The number of nitrogens with one attached hydrogen (secondary N) is 5. The predicted octanol–water partition coefficient (Wildman–Crippen LogP) is 5.94. The number of aliphatic hydroxyl groups is 1. The van der Waals surface area contributed by atoms with E-state index >= 15 is 14.4 Å². The molecule has 6 bridgehead atoms. The zero-order valence-electron chi connectivity index (χ0n) is 38.8. The second-order valence-electron chi connectivity index (χ2n) is 20.4. The molecule has 12 nitrogen and oxygen atoms in total. The zero-order chi connectivity index (χ0) is 45.5. The van der Waals surface area contributed by atoms with Gasteiger partial charge in [-0.2, -0.15) is 0 Å². The highest BCUT2D eigenvalue weighted by Gasteiger charge is 2.86. The number of dihydropyridines is 2. The van der Waals surface area contributed by atoms with Crippen molar-refractivity contribution in [3.8, 4) is 0 Å². The summed E-state index contributed by atoms with van der Waals surface area (Å²) in [5.41, 5.74) is 8.28. The van der Waals surface area contributed by atoms with E-state index in [9.17, 15) is 5.11 Å². The molecule has 10 atom stereocenters. The Bertz CT molecular complexity index is 2290. The van der Waals surface area contributed by atoms with Crippen molar-refractivity contribution in [3.05, 3.63) is 117 Å². The van der Waals surface area contributed by atoms with Gasteiger partial charge in [-0.05, 0) is 141 Å². The number of Topliss-reactive ketones (excluding diaryl/α,β-unsaturated/α-hetero) is 2. The van der Waals surface area contributed by atoms with E-state index < -0.39 is 28.7 Å². The highest BCUT2D eigenvalue weighted by Crippen LogP contribution is 2.61. The number of aliphatic hydroxyl groups excluding tert-OH is 1. The Hall–Kier alpha value is -4.59. The first-order valence-corrected chi connectivity index (χ1v) is 24.3. The minimum Gasteiger partial charge on any atom is -0.463 e. The van der Waals surface area contributed by atoms with Crippen LogP contribution in [0.3, 0.4) is 0 Å². The van der Waals surface area contributed by atoms with Crippen molar-refractivity contribution in [2.24, 2.45) is 40.7 Å². The number of benzene rings is 1. The molecule has 5 heterocycles. The molecule has 1 aromatic carbocycles. The molecule has 0 radical (unpaired) electrons. The number of rotatable bonds is 13. The standard InChI is InChI=1S/C53H70N6O6/c1-5-56-43-24-36-9-6-12-39-35-11-8-21-51(3,25-34-16-19-44(54)58-28-34)26-37-10-7-13-41-47(37)49(62)53(50(63)64-30-42(43)40(18-17-35)46(36)39)52(65-53,48(41)61)27-38(29-60)32(2)14-15-33-20-22-57-45(23-33)59-31-55-4/h6-7,9-10,13,16,19-20,23-24,28,35,39-40,42-44,46,55-60H,5,8,11-12,14-15,17-18,21-22,25-27,29-31,54H2,1-4H3/b38-32-/t35-,39+,40+,42-,43-,44?,46+,51+,52-,53-/m0/s1. The highest BCUT2D eigenvalue weighted by atomic mass is 16.7. The average Bonchev–Trinajstić information content (AvgIpc) is 4.01. The van der Waals surface area contributed by atoms with Crippen molar-refractivity contribution in [3.63, 3.8) is 0 Å². The van der Waals surface area contributed by atoms with Gasteiger partial charge in [0, 0.05) is 42.3 Å². The molecule has 1 saturated heterocycles. The Morgan fingerprint density at radius 1 is 1.06 bits per heavy atom. The van der Waals surface area contributed by atoms with Gasteiger partial charge in [0.15, 0.2) is 11.4 Å². The van der Waals surface area contributed by atoms with Crippen molar-refractivity contribution in [2.45, 2.75) is 115 Å². The summed E-state index contributed by atoms with van der Waals surface area (Å²) < 4.78 is 13.0. The predicted molar refractivity (Wildman–Crippen MR) is 252 cm³/mol. The number of hydrogen-bond acceptors (Lipinski definition) is 12. The van der Waals surface area contributed by atoms with E-state index in [0.29, 0.717) is 61.7 Å². The minimum atomic E-state index is -2.17. The molecule has 2 fully saturated rings. The largest absolute Gasteiger partial charge is 0.463 e. The summed E-state index contributed by atoms with van der Waals surface area (Å²) in [6.07, 6.45) is 25.9. The Labute approximate surface area is 384 Å². The summed E-state index contributed by atoms with van der Waals surface area (Å²) in [7, 11) is 1.88. The number of likely N-dealkylation sites (N-methyl/N-ethyl adjacent to an activating group) is 1. The second kappa shape index (κ2) is 18.6. The lowest BCUT2D eigenvalue weighted by Gasteiger charge is -2.52. The van der Waals surface area contributed by atoms with Gasteiger partial charge in [-0.3, -0.25) is 9.59 Å². The van der Waals surface area contributed by atoms with Crippen LogP contribution in [0.4, 0.5) is 0 Å². The number of nitrogens with two attached hydrogens (primary N) is 1. The van der Waals surface area contributed by atoms with Gasteiger partial charge in [-0.25, -0.2) is 4.79 Å². The number of carbonyl (C=O) groups is 3. The Balaban J connectivity index is 1.10. The first-order chi connectivity index (χ1) is 31.4. The van der Waals surface area contributed by atoms with Crippen LogP contribution < -0.4 is 32.3 Å². The molecule has 1 spiro atoms. The van der Waals surface area contributed by atoms with Gasteiger partial charge in [0.25, 0.3) is 5.60 Å². The van der Waals surface area contributed by atoms with Crippen LogP contribution in [0.25, 0.3) is 0 Å². The third-order valence-corrected chi connectivity index (χ3v) is 16.3. The topological polar surface area (TPSA) is 179 Å². The van der Waals surface area contributed by atoms with Crippen LogP contribution in [0.5, 0.6) is 0 Å². The smallest absolute Gasteiger partial charge is 0.350 e. The summed E-state index contributed by atoms with van der Waals surface area (Å²) in [4.78, 5) is 46.0. The van der Waals surface area contributed by atoms with Gasteiger partial charge in [0.2, 0.25) is 5.78 Å². The molecule has 8 N–H and O–H groups in total. The normalized spacial score (nSPS) is 35.2. The van der Waals surface area contributed by atoms with Crippen LogP contribution in [-0.2, 0) is 20.7 Å². The molecule has 5 aliphatic heterocycles. The number of fused-ring (bicyclic) bond motifs is 7. The Kier molecular flexibility index (Phi) is 13.0. The van der Waals surface area contributed by atoms with Crippen LogP contribution in [0, 0.1) is 35.0 Å². The average molecular weight is 887 g/mol. The number of carbonyl (C=O) groups excluding carboxylic acids is 3. The maximum Gasteiger partial charge on any atom is 0.350 e. The monoisotopic (exact) mass is 887 g/mol. The van der Waals surface area contributed by atoms with Crippen molar-refractivity contribution < 1.29 is 29.0 Å². The molecule has 65 heavy (non-hydrogen) atoms. The van der Waals surface area contributed by atoms with E-state index in [1.54, 1.807) is 6.07 Å². The zero-order valence-corrected chi connectivity index (χ0v) is 38.8. The van der Waals surface area contributed by atoms with Gasteiger partial charge in [-0.1, -0.05) is 80.8 Å². The summed E-state index contributed by atoms with van der Waals surface area (Å²) in [5, 5.41) is 27.7. The Morgan fingerprint density at radius 3 is 2.71 bits per heavy atom. The molecule has 348 valence electrons. The lowest BCUT2D eigenvalue weighted by atomic mass is 9.54. The number of epoxide rings is 1. The summed E-state index contributed by atoms with van der Waals surface area (Å²) in [6.45, 7) is 8.21. The maximum atomic E-state index is 15.6. The molecule has 1 saturated carbocycles. The Morgan fingerprint density at radius 2 is 1.92 bits per heavy atom. The molecule has 1 aromatic rings. The summed E-state index contributed by atoms with van der Waals surface area (Å²) in [6, 6.07) is 5.51. The van der Waals surface area contributed by atoms with Crippen molar-refractivity contribution in [1.29, 1.82) is 0 Å². The first kappa shape index (κ1) is 45.6. The van der Waals surface area contributed by atoms with E-state index in [2.05, 4.69) is 76.9 Å². The maximum absolute atomic E-state index is 15.6. The lowest BCUT2D eigenvalue weighted by Crippen LogP contribution is -2.53. The number of ketones is 2. The van der Waals surface area contributed by atoms with Gasteiger partial charge < -0.3 is 46.9 Å². The van der Waals surface area contributed by atoms with Crippen molar-refractivity contribution >= 4 is 17.5 Å².